The number of nitrogens with zero attached hydrogens (tertiary/aromatic N) is 4. The van der Waals surface area contributed by atoms with Crippen LogP contribution in [0.25, 0.3) is 16.6 Å². The van der Waals surface area contributed by atoms with Crippen LogP contribution in [0.3, 0.4) is 0 Å². The SMILES string of the molecule is C[C@H](c1nc2ccccc2c(=O)n1-c1ccc(C#N)cc1)N(C(=O)Cc1ccc(F)c(C(F)(F)F)c1)C1CCS(=O)(=O)C1. The van der Waals surface area contributed by atoms with Crippen LogP contribution in [0.5, 0.6) is 0 Å². The Bertz CT molecular complexity index is 1930. The Labute approximate surface area is 243 Å². The number of hydrogen-bond donors (Lipinski definition) is 0. The number of alkyl halides is 3. The molecule has 1 aliphatic rings. The third kappa shape index (κ3) is 6.01. The summed E-state index contributed by atoms with van der Waals surface area (Å²) in [5.41, 5.74) is -1.12. The molecule has 1 aromatic heterocycles. The van der Waals surface area contributed by atoms with Crippen LogP contribution in [0.2, 0.25) is 0 Å². The number of carbonyl (C=O) groups excluding carboxylic acids is 1. The van der Waals surface area contributed by atoms with Gasteiger partial charge in [0.05, 0.1) is 57.8 Å². The van der Waals surface area contributed by atoms with Gasteiger partial charge < -0.3 is 4.90 Å². The quantitative estimate of drug-likeness (QED) is 0.291. The van der Waals surface area contributed by atoms with Gasteiger partial charge in [-0.25, -0.2) is 17.8 Å². The monoisotopic (exact) mass is 612 g/mol. The second-order valence-corrected chi connectivity index (χ2v) is 12.5. The molecule has 1 saturated heterocycles. The second kappa shape index (κ2) is 11.3. The fourth-order valence-electron chi connectivity index (χ4n) is 5.39. The van der Waals surface area contributed by atoms with Gasteiger partial charge in [0, 0.05) is 6.04 Å². The normalized spacial score (nSPS) is 17.0. The summed E-state index contributed by atoms with van der Waals surface area (Å²) in [7, 11) is -3.52. The number of aromatic nitrogens is 2. The molecule has 222 valence electrons. The molecule has 1 unspecified atom stereocenters. The molecular weight excluding hydrogens is 588 g/mol. The smallest absolute Gasteiger partial charge is 0.328 e. The second-order valence-electron chi connectivity index (χ2n) is 10.3. The van der Waals surface area contributed by atoms with E-state index < -0.39 is 57.4 Å². The average Bonchev–Trinajstić information content (AvgIpc) is 3.32. The lowest BCUT2D eigenvalue weighted by Gasteiger charge is -2.35. The molecule has 2 heterocycles. The Morgan fingerprint density at radius 2 is 1.84 bits per heavy atom. The number of amides is 1. The van der Waals surface area contributed by atoms with Gasteiger partial charge in [-0.2, -0.15) is 18.4 Å². The van der Waals surface area contributed by atoms with Gasteiger partial charge in [0.15, 0.2) is 9.84 Å². The molecule has 1 fully saturated rings. The van der Waals surface area contributed by atoms with Gasteiger partial charge in [0.1, 0.15) is 11.6 Å². The lowest BCUT2D eigenvalue weighted by Crippen LogP contribution is -2.45. The van der Waals surface area contributed by atoms with Gasteiger partial charge in [-0.15, -0.1) is 0 Å². The summed E-state index contributed by atoms with van der Waals surface area (Å²) in [6, 6.07) is 15.0. The van der Waals surface area contributed by atoms with E-state index in [1.54, 1.807) is 31.2 Å². The predicted octanol–water partition coefficient (Wildman–Crippen LogP) is 4.73. The molecule has 0 N–H and O–H groups in total. The van der Waals surface area contributed by atoms with Crippen molar-refractivity contribution in [1.29, 1.82) is 5.26 Å². The molecule has 8 nitrogen and oxygen atoms in total. The topological polar surface area (TPSA) is 113 Å². The number of hydrogen-bond acceptors (Lipinski definition) is 6. The molecular formula is C30H24F4N4O4S. The Morgan fingerprint density at radius 3 is 2.47 bits per heavy atom. The van der Waals surface area contributed by atoms with E-state index in [4.69, 9.17) is 0 Å². The molecule has 0 aliphatic carbocycles. The maximum Gasteiger partial charge on any atom is 0.419 e. The zero-order valence-electron chi connectivity index (χ0n) is 22.7. The van der Waals surface area contributed by atoms with E-state index in [1.165, 1.54) is 33.7 Å². The summed E-state index contributed by atoms with van der Waals surface area (Å²) in [5, 5.41) is 9.50. The molecule has 2 atom stereocenters. The lowest BCUT2D eigenvalue weighted by molar-refractivity contribution is -0.140. The Balaban J connectivity index is 1.64. The first-order valence-electron chi connectivity index (χ1n) is 13.2. The fourth-order valence-corrected chi connectivity index (χ4v) is 7.10. The van der Waals surface area contributed by atoms with Crippen LogP contribution in [0.1, 0.15) is 41.9 Å². The number of sulfone groups is 1. The largest absolute Gasteiger partial charge is 0.419 e. The highest BCUT2D eigenvalue weighted by Crippen LogP contribution is 2.33. The van der Waals surface area contributed by atoms with Crippen molar-refractivity contribution in [2.24, 2.45) is 0 Å². The van der Waals surface area contributed by atoms with E-state index in [0.29, 0.717) is 28.9 Å². The minimum atomic E-state index is -4.98. The summed E-state index contributed by atoms with van der Waals surface area (Å²) in [6.45, 7) is 1.56. The summed E-state index contributed by atoms with van der Waals surface area (Å²) >= 11 is 0. The van der Waals surface area contributed by atoms with E-state index in [9.17, 15) is 40.8 Å². The van der Waals surface area contributed by atoms with Crippen LogP contribution in [-0.4, -0.2) is 46.3 Å². The highest BCUT2D eigenvalue weighted by atomic mass is 32.2. The Hall–Kier alpha value is -4.57. The van der Waals surface area contributed by atoms with Crippen LogP contribution in [0.15, 0.2) is 71.5 Å². The summed E-state index contributed by atoms with van der Waals surface area (Å²) < 4.78 is 80.2. The van der Waals surface area contributed by atoms with Crippen molar-refractivity contribution in [3.05, 3.63) is 105 Å². The van der Waals surface area contributed by atoms with Crippen molar-refractivity contribution in [2.75, 3.05) is 11.5 Å². The minimum absolute atomic E-state index is 0.0737. The number of nitriles is 1. The van der Waals surface area contributed by atoms with Gasteiger partial charge in [-0.05, 0) is 67.4 Å². The maximum absolute atomic E-state index is 13.9. The third-order valence-electron chi connectivity index (χ3n) is 7.43. The average molecular weight is 613 g/mol. The summed E-state index contributed by atoms with van der Waals surface area (Å²) in [6.07, 6.45) is -5.49. The number of rotatable bonds is 6. The molecule has 4 aromatic rings. The number of benzene rings is 3. The molecule has 1 amide bonds. The standard InChI is InChI=1S/C30H24F4N4O4S/c1-18(28-36-26-5-3-2-4-23(26)29(40)38(28)21-9-6-19(16-35)7-10-21)37(22-12-13-43(41,42)17-22)27(39)15-20-8-11-25(31)24(14-20)30(32,33)34/h2-11,14,18,22H,12-13,15,17H2,1H3/t18-,22?/m1/s1. The maximum atomic E-state index is 13.9. The van der Waals surface area contributed by atoms with Gasteiger partial charge in [0.2, 0.25) is 5.91 Å². The van der Waals surface area contributed by atoms with Crippen LogP contribution >= 0.6 is 0 Å². The highest BCUT2D eigenvalue weighted by Gasteiger charge is 2.39. The Morgan fingerprint density at radius 1 is 1.14 bits per heavy atom. The molecule has 0 radical (unpaired) electrons. The van der Waals surface area contributed by atoms with Gasteiger partial charge in [-0.1, -0.05) is 18.2 Å². The van der Waals surface area contributed by atoms with Crippen LogP contribution in [0.4, 0.5) is 17.6 Å². The van der Waals surface area contributed by atoms with Crippen molar-refractivity contribution in [3.8, 4) is 11.8 Å². The number of carbonyl (C=O) groups is 1. The number of para-hydroxylation sites is 1. The van der Waals surface area contributed by atoms with E-state index in [-0.39, 0.29) is 34.7 Å². The van der Waals surface area contributed by atoms with Gasteiger partial charge >= 0.3 is 6.18 Å². The predicted molar refractivity (Wildman–Crippen MR) is 149 cm³/mol. The molecule has 43 heavy (non-hydrogen) atoms. The van der Waals surface area contributed by atoms with Crippen molar-refractivity contribution in [2.45, 2.75) is 38.0 Å². The highest BCUT2D eigenvalue weighted by molar-refractivity contribution is 7.91. The van der Waals surface area contributed by atoms with E-state index in [1.807, 2.05) is 6.07 Å². The zero-order valence-corrected chi connectivity index (χ0v) is 23.5. The zero-order chi connectivity index (χ0) is 31.1. The Kier molecular flexibility index (Phi) is 7.83. The van der Waals surface area contributed by atoms with Gasteiger partial charge in [-0.3, -0.25) is 14.2 Å². The van der Waals surface area contributed by atoms with Crippen molar-refractivity contribution in [3.63, 3.8) is 0 Å². The van der Waals surface area contributed by atoms with Crippen molar-refractivity contribution in [1.82, 2.24) is 14.5 Å². The van der Waals surface area contributed by atoms with Crippen molar-refractivity contribution < 1.29 is 30.8 Å². The first kappa shape index (κ1) is 29.9. The summed E-state index contributed by atoms with van der Waals surface area (Å²) in [4.78, 5) is 33.6. The van der Waals surface area contributed by atoms with Crippen LogP contribution < -0.4 is 5.56 Å². The lowest BCUT2D eigenvalue weighted by atomic mass is 10.0. The molecule has 5 rings (SSSR count). The van der Waals surface area contributed by atoms with E-state index >= 15 is 0 Å². The first-order chi connectivity index (χ1) is 20.3. The first-order valence-corrected chi connectivity index (χ1v) is 15.0. The molecule has 0 saturated carbocycles. The molecule has 3 aromatic carbocycles. The molecule has 0 spiro atoms. The molecule has 1 aliphatic heterocycles. The number of halogens is 4. The molecule has 0 bridgehead atoms. The van der Waals surface area contributed by atoms with Crippen LogP contribution in [0, 0.1) is 17.1 Å². The summed E-state index contributed by atoms with van der Waals surface area (Å²) in [5.74, 6) is -2.70. The third-order valence-corrected chi connectivity index (χ3v) is 9.18. The van der Waals surface area contributed by atoms with E-state index in [0.717, 1.165) is 6.07 Å². The molecule has 13 heteroatoms. The van der Waals surface area contributed by atoms with Gasteiger partial charge in [0.25, 0.3) is 5.56 Å². The van der Waals surface area contributed by atoms with Crippen LogP contribution in [-0.2, 0) is 27.2 Å². The number of fused-ring (bicyclic) bond motifs is 1. The van der Waals surface area contributed by atoms with Crippen molar-refractivity contribution >= 4 is 26.6 Å². The van der Waals surface area contributed by atoms with E-state index in [2.05, 4.69) is 4.98 Å². The fraction of sp³-hybridized carbons (Fsp3) is 0.267. The minimum Gasteiger partial charge on any atom is -0.328 e.